The molecule has 82 valence electrons. The minimum atomic E-state index is 0.486. The molecular formula is C13H20N2. The molecule has 0 aliphatic carbocycles. The van der Waals surface area contributed by atoms with E-state index in [0.717, 1.165) is 6.54 Å². The summed E-state index contributed by atoms with van der Waals surface area (Å²) in [6.45, 7) is 5.55. The smallest absolute Gasteiger partial charge is 0.0573 e. The molecule has 15 heavy (non-hydrogen) atoms. The summed E-state index contributed by atoms with van der Waals surface area (Å²) < 4.78 is 0. The van der Waals surface area contributed by atoms with Gasteiger partial charge in [0.1, 0.15) is 0 Å². The first-order valence-corrected chi connectivity index (χ1v) is 5.96. The first-order chi connectivity index (χ1) is 7.27. The van der Waals surface area contributed by atoms with E-state index in [0.29, 0.717) is 12.0 Å². The summed E-state index contributed by atoms with van der Waals surface area (Å²) in [7, 11) is 0. The Balaban J connectivity index is 2.08. The third-order valence-electron chi connectivity index (χ3n) is 3.14. The van der Waals surface area contributed by atoms with Crippen molar-refractivity contribution in [1.29, 1.82) is 0 Å². The molecule has 0 spiro atoms. The highest BCUT2D eigenvalue weighted by Crippen LogP contribution is 2.22. The molecule has 1 atom stereocenters. The van der Waals surface area contributed by atoms with E-state index < -0.39 is 0 Å². The molecule has 0 amide bonds. The van der Waals surface area contributed by atoms with Crippen LogP contribution < -0.4 is 5.32 Å². The average molecular weight is 204 g/mol. The fraction of sp³-hybridized carbons (Fsp3) is 0.615. The van der Waals surface area contributed by atoms with Crippen LogP contribution in [0.4, 0.5) is 0 Å². The van der Waals surface area contributed by atoms with Gasteiger partial charge in [-0.2, -0.15) is 0 Å². The largest absolute Gasteiger partial charge is 0.309 e. The van der Waals surface area contributed by atoms with Gasteiger partial charge < -0.3 is 5.32 Å². The fourth-order valence-corrected chi connectivity index (χ4v) is 2.07. The Morgan fingerprint density at radius 1 is 1.33 bits per heavy atom. The quantitative estimate of drug-likeness (QED) is 0.801. The first-order valence-electron chi connectivity index (χ1n) is 5.96. The predicted octanol–water partition coefficient (Wildman–Crippen LogP) is 3.02. The lowest BCUT2D eigenvalue weighted by atomic mass is 10.00. The number of piperidine rings is 1. The van der Waals surface area contributed by atoms with Gasteiger partial charge >= 0.3 is 0 Å². The van der Waals surface area contributed by atoms with Crippen molar-refractivity contribution in [1.82, 2.24) is 10.3 Å². The Morgan fingerprint density at radius 3 is 2.73 bits per heavy atom. The van der Waals surface area contributed by atoms with Gasteiger partial charge in [-0.25, -0.2) is 0 Å². The van der Waals surface area contributed by atoms with Crippen molar-refractivity contribution in [3.63, 3.8) is 0 Å². The van der Waals surface area contributed by atoms with Crippen molar-refractivity contribution in [2.75, 3.05) is 6.54 Å². The third-order valence-corrected chi connectivity index (χ3v) is 3.14. The Hall–Kier alpha value is -0.890. The van der Waals surface area contributed by atoms with Gasteiger partial charge in [-0.05, 0) is 36.9 Å². The van der Waals surface area contributed by atoms with E-state index in [4.69, 9.17) is 0 Å². The Bertz CT molecular complexity index is 297. The zero-order chi connectivity index (χ0) is 10.7. The monoisotopic (exact) mass is 204 g/mol. The van der Waals surface area contributed by atoms with Crippen LogP contribution in [0.3, 0.4) is 0 Å². The van der Waals surface area contributed by atoms with E-state index in [1.54, 1.807) is 0 Å². The molecule has 1 unspecified atom stereocenters. The Morgan fingerprint density at radius 2 is 2.20 bits per heavy atom. The molecule has 1 aliphatic heterocycles. The minimum absolute atomic E-state index is 0.486. The molecule has 2 nitrogen and oxygen atoms in total. The van der Waals surface area contributed by atoms with Gasteiger partial charge in [0.25, 0.3) is 0 Å². The van der Waals surface area contributed by atoms with Crippen LogP contribution >= 0.6 is 0 Å². The van der Waals surface area contributed by atoms with Crippen LogP contribution in [-0.4, -0.2) is 11.5 Å². The molecule has 1 N–H and O–H groups in total. The molecule has 0 radical (unpaired) electrons. The van der Waals surface area contributed by atoms with Crippen molar-refractivity contribution >= 4 is 0 Å². The second-order valence-corrected chi connectivity index (χ2v) is 4.67. The van der Waals surface area contributed by atoms with E-state index in [1.165, 1.54) is 30.5 Å². The lowest BCUT2D eigenvalue weighted by Gasteiger charge is -2.23. The fourth-order valence-electron chi connectivity index (χ4n) is 2.07. The van der Waals surface area contributed by atoms with Crippen LogP contribution in [0.5, 0.6) is 0 Å². The van der Waals surface area contributed by atoms with E-state index >= 15 is 0 Å². The number of hydrogen-bond acceptors (Lipinski definition) is 2. The van der Waals surface area contributed by atoms with Crippen molar-refractivity contribution in [3.8, 4) is 0 Å². The predicted molar refractivity (Wildman–Crippen MR) is 62.9 cm³/mol. The highest BCUT2D eigenvalue weighted by atomic mass is 14.9. The van der Waals surface area contributed by atoms with Crippen LogP contribution in [0.15, 0.2) is 18.3 Å². The maximum atomic E-state index is 4.56. The normalized spacial score (nSPS) is 21.9. The topological polar surface area (TPSA) is 24.9 Å². The van der Waals surface area contributed by atoms with Gasteiger partial charge in [0.05, 0.1) is 5.69 Å². The van der Waals surface area contributed by atoms with E-state index in [-0.39, 0.29) is 0 Å². The zero-order valence-corrected chi connectivity index (χ0v) is 9.66. The highest BCUT2D eigenvalue weighted by molar-refractivity contribution is 5.19. The highest BCUT2D eigenvalue weighted by Gasteiger charge is 2.15. The maximum Gasteiger partial charge on any atom is 0.0573 e. The van der Waals surface area contributed by atoms with Crippen LogP contribution in [0, 0.1) is 0 Å². The molecule has 1 saturated heterocycles. The Kier molecular flexibility index (Phi) is 3.37. The Labute approximate surface area is 92.1 Å². The summed E-state index contributed by atoms with van der Waals surface area (Å²) >= 11 is 0. The van der Waals surface area contributed by atoms with Gasteiger partial charge in [0.15, 0.2) is 0 Å². The minimum Gasteiger partial charge on any atom is -0.309 e. The van der Waals surface area contributed by atoms with Crippen molar-refractivity contribution in [2.45, 2.75) is 45.1 Å². The second kappa shape index (κ2) is 4.75. The lowest BCUT2D eigenvalue weighted by molar-refractivity contribution is 0.405. The van der Waals surface area contributed by atoms with Crippen molar-refractivity contribution in [3.05, 3.63) is 29.6 Å². The standard InChI is InChI=1S/C13H20N2/c1-10(2)11-6-7-13(15-9-11)12-5-3-4-8-14-12/h6-7,9-10,12,14H,3-5,8H2,1-2H3. The third kappa shape index (κ3) is 2.57. The molecule has 0 bridgehead atoms. The molecule has 0 saturated carbocycles. The summed E-state index contributed by atoms with van der Waals surface area (Å²) in [6, 6.07) is 4.88. The molecular weight excluding hydrogens is 184 g/mol. The first kappa shape index (κ1) is 10.6. The van der Waals surface area contributed by atoms with Crippen molar-refractivity contribution < 1.29 is 0 Å². The number of pyridine rings is 1. The summed E-state index contributed by atoms with van der Waals surface area (Å²) in [5, 5.41) is 3.52. The lowest BCUT2D eigenvalue weighted by Crippen LogP contribution is -2.27. The maximum absolute atomic E-state index is 4.56. The molecule has 1 aromatic rings. The molecule has 2 heteroatoms. The number of rotatable bonds is 2. The molecule has 1 aromatic heterocycles. The summed E-state index contributed by atoms with van der Waals surface area (Å²) in [5.41, 5.74) is 2.54. The van der Waals surface area contributed by atoms with Gasteiger partial charge in [-0.3, -0.25) is 4.98 Å². The number of nitrogens with zero attached hydrogens (tertiary/aromatic N) is 1. The van der Waals surface area contributed by atoms with Gasteiger partial charge in [0.2, 0.25) is 0 Å². The molecule has 1 aliphatic rings. The van der Waals surface area contributed by atoms with E-state index in [9.17, 15) is 0 Å². The van der Waals surface area contributed by atoms with Crippen molar-refractivity contribution in [2.24, 2.45) is 0 Å². The van der Waals surface area contributed by atoms with E-state index in [1.807, 2.05) is 6.20 Å². The van der Waals surface area contributed by atoms with Crippen LogP contribution in [0.2, 0.25) is 0 Å². The molecule has 2 rings (SSSR count). The summed E-state index contributed by atoms with van der Waals surface area (Å²) in [6.07, 6.45) is 5.89. The average Bonchev–Trinajstić information content (AvgIpc) is 2.30. The van der Waals surface area contributed by atoms with E-state index in [2.05, 4.69) is 36.3 Å². The zero-order valence-electron chi connectivity index (χ0n) is 9.66. The second-order valence-electron chi connectivity index (χ2n) is 4.67. The molecule has 0 aromatic carbocycles. The van der Waals surface area contributed by atoms with Gasteiger partial charge in [-0.1, -0.05) is 26.3 Å². The number of hydrogen-bond donors (Lipinski definition) is 1. The number of nitrogens with one attached hydrogen (secondary N) is 1. The van der Waals surface area contributed by atoms with Crippen LogP contribution in [0.1, 0.15) is 56.3 Å². The number of aromatic nitrogens is 1. The van der Waals surface area contributed by atoms with Gasteiger partial charge in [-0.15, -0.1) is 0 Å². The molecule has 1 fully saturated rings. The summed E-state index contributed by atoms with van der Waals surface area (Å²) in [4.78, 5) is 4.56. The molecule has 2 heterocycles. The van der Waals surface area contributed by atoms with Crippen LogP contribution in [-0.2, 0) is 0 Å². The summed E-state index contributed by atoms with van der Waals surface area (Å²) in [5.74, 6) is 0.575. The SMILES string of the molecule is CC(C)c1ccc(C2CCCCN2)nc1. The van der Waals surface area contributed by atoms with Gasteiger partial charge in [0, 0.05) is 12.2 Å². The van der Waals surface area contributed by atoms with Crippen LogP contribution in [0.25, 0.3) is 0 Å².